The molecule has 4 aromatic carbocycles. The zero-order chi connectivity index (χ0) is 31.0. The Hall–Kier alpha value is -3.66. The fourth-order valence-corrected chi connectivity index (χ4v) is 6.62. The molecule has 43 heavy (non-hydrogen) atoms. The summed E-state index contributed by atoms with van der Waals surface area (Å²) in [6, 6.07) is 28.8. The second kappa shape index (κ2) is 14.7. The topological polar surface area (TPSA) is 86.8 Å². The maximum Gasteiger partial charge on any atom is 0.264 e. The minimum Gasteiger partial charge on any atom is -0.355 e. The molecule has 0 aromatic heterocycles. The normalized spacial score (nSPS) is 11.9. The predicted octanol–water partition coefficient (Wildman–Crippen LogP) is 6.38. The molecule has 4 rings (SSSR count). The van der Waals surface area contributed by atoms with Crippen LogP contribution in [0.5, 0.6) is 0 Å². The summed E-state index contributed by atoms with van der Waals surface area (Å²) in [7, 11) is -4.22. The predicted molar refractivity (Wildman–Crippen MR) is 174 cm³/mol. The van der Waals surface area contributed by atoms with E-state index in [0.29, 0.717) is 6.54 Å². The van der Waals surface area contributed by atoms with E-state index in [1.54, 1.807) is 36.4 Å². The van der Waals surface area contributed by atoms with Crippen LogP contribution in [-0.2, 0) is 32.6 Å². The number of amides is 2. The summed E-state index contributed by atoms with van der Waals surface area (Å²) >= 11 is 9.95. The molecule has 4 aromatic rings. The number of benzene rings is 4. The fraction of sp³-hybridized carbons (Fsp3) is 0.212. The van der Waals surface area contributed by atoms with Crippen LogP contribution < -0.4 is 9.62 Å². The van der Waals surface area contributed by atoms with Crippen LogP contribution in [0, 0.1) is 6.92 Å². The minimum absolute atomic E-state index is 0.0230. The van der Waals surface area contributed by atoms with Gasteiger partial charge < -0.3 is 10.2 Å². The number of rotatable bonds is 12. The Labute approximate surface area is 266 Å². The largest absolute Gasteiger partial charge is 0.355 e. The average molecular weight is 683 g/mol. The molecule has 0 saturated carbocycles. The van der Waals surface area contributed by atoms with E-state index in [4.69, 9.17) is 11.6 Å². The summed E-state index contributed by atoms with van der Waals surface area (Å²) in [4.78, 5) is 29.4. The van der Waals surface area contributed by atoms with Crippen molar-refractivity contribution in [3.05, 3.63) is 129 Å². The van der Waals surface area contributed by atoms with E-state index in [9.17, 15) is 18.0 Å². The third kappa shape index (κ3) is 8.25. The molecule has 0 spiro atoms. The zero-order valence-corrected chi connectivity index (χ0v) is 27.1. The van der Waals surface area contributed by atoms with Crippen molar-refractivity contribution in [1.82, 2.24) is 10.2 Å². The van der Waals surface area contributed by atoms with Crippen LogP contribution >= 0.6 is 27.5 Å². The lowest BCUT2D eigenvalue weighted by Gasteiger charge is -2.34. The smallest absolute Gasteiger partial charge is 0.264 e. The Bertz CT molecular complexity index is 1650. The molecular formula is C33H33BrClN3O4S. The highest BCUT2D eigenvalue weighted by molar-refractivity contribution is 9.10. The van der Waals surface area contributed by atoms with Crippen LogP contribution in [0.2, 0.25) is 5.02 Å². The number of nitrogens with zero attached hydrogens (tertiary/aromatic N) is 2. The highest BCUT2D eigenvalue weighted by Gasteiger charge is 2.35. The van der Waals surface area contributed by atoms with Gasteiger partial charge in [-0.15, -0.1) is 0 Å². The molecule has 0 unspecified atom stereocenters. The first-order chi connectivity index (χ1) is 20.6. The van der Waals surface area contributed by atoms with Gasteiger partial charge in [-0.2, -0.15) is 0 Å². The van der Waals surface area contributed by atoms with Gasteiger partial charge in [-0.05, 0) is 61.4 Å². The standard InChI is InChI=1S/C33H33BrClN3O4S/c1-3-36-33(40)31(21-25-9-5-4-6-10-25)37(22-26-15-17-27(34)18-16-26)32(39)23-38(30-12-8-7-11-29(30)35)43(41,42)28-19-13-24(2)14-20-28/h4-20,31H,3,21-23H2,1-2H3,(H,36,40)/t31-/m1/s1. The molecule has 0 bridgehead atoms. The molecule has 1 N–H and O–H groups in total. The number of hydrogen-bond acceptors (Lipinski definition) is 4. The van der Waals surface area contributed by atoms with Gasteiger partial charge in [-0.3, -0.25) is 13.9 Å². The van der Waals surface area contributed by atoms with E-state index in [0.717, 1.165) is 25.5 Å². The minimum atomic E-state index is -4.22. The summed E-state index contributed by atoms with van der Waals surface area (Å²) in [6.45, 7) is 3.56. The van der Waals surface area contributed by atoms with Crippen molar-refractivity contribution in [3.8, 4) is 0 Å². The van der Waals surface area contributed by atoms with Crippen LogP contribution in [0.25, 0.3) is 0 Å². The summed E-state index contributed by atoms with van der Waals surface area (Å²) in [5, 5.41) is 3.03. The lowest BCUT2D eigenvalue weighted by molar-refractivity contribution is -0.140. The molecule has 10 heteroatoms. The average Bonchev–Trinajstić information content (AvgIpc) is 3.00. The van der Waals surface area contributed by atoms with E-state index in [1.165, 1.54) is 17.0 Å². The summed E-state index contributed by atoms with van der Waals surface area (Å²) in [6.07, 6.45) is 0.242. The van der Waals surface area contributed by atoms with Crippen molar-refractivity contribution in [1.29, 1.82) is 0 Å². The summed E-state index contributed by atoms with van der Waals surface area (Å²) in [5.41, 5.74) is 2.71. The summed E-state index contributed by atoms with van der Waals surface area (Å²) < 4.78 is 30.0. The second-order valence-corrected chi connectivity index (χ2v) is 13.2. The van der Waals surface area contributed by atoms with Gasteiger partial charge in [-0.1, -0.05) is 99.8 Å². The quantitative estimate of drug-likeness (QED) is 0.188. The molecule has 0 fully saturated rings. The van der Waals surface area contributed by atoms with Gasteiger partial charge >= 0.3 is 0 Å². The Kier molecular flexibility index (Phi) is 11.0. The van der Waals surface area contributed by atoms with E-state index in [-0.39, 0.29) is 34.5 Å². The molecule has 1 atom stereocenters. The number of likely N-dealkylation sites (N-methyl/N-ethyl adjacent to an activating group) is 1. The third-order valence-corrected chi connectivity index (χ3v) is 9.52. The first-order valence-corrected chi connectivity index (χ1v) is 16.4. The molecule has 0 aliphatic heterocycles. The highest BCUT2D eigenvalue weighted by Crippen LogP contribution is 2.31. The molecule has 0 radical (unpaired) electrons. The Morgan fingerprint density at radius 1 is 0.860 bits per heavy atom. The third-order valence-electron chi connectivity index (χ3n) is 6.90. The number of carbonyl (C=O) groups is 2. The molecular weight excluding hydrogens is 650 g/mol. The van der Waals surface area contributed by atoms with Crippen molar-refractivity contribution in [2.75, 3.05) is 17.4 Å². The van der Waals surface area contributed by atoms with Crippen molar-refractivity contribution in [3.63, 3.8) is 0 Å². The number of nitrogens with one attached hydrogen (secondary N) is 1. The molecule has 0 heterocycles. The van der Waals surface area contributed by atoms with Gasteiger partial charge in [0.2, 0.25) is 11.8 Å². The van der Waals surface area contributed by atoms with Gasteiger partial charge in [0, 0.05) is 24.0 Å². The Morgan fingerprint density at radius 3 is 2.12 bits per heavy atom. The lowest BCUT2D eigenvalue weighted by atomic mass is 10.0. The number of para-hydroxylation sites is 1. The van der Waals surface area contributed by atoms with E-state index in [1.807, 2.05) is 68.4 Å². The van der Waals surface area contributed by atoms with E-state index < -0.39 is 28.5 Å². The number of halogens is 2. The molecule has 0 aliphatic carbocycles. The van der Waals surface area contributed by atoms with Crippen LogP contribution in [0.1, 0.15) is 23.6 Å². The number of sulfonamides is 1. The molecule has 224 valence electrons. The van der Waals surface area contributed by atoms with Gasteiger partial charge in [0.15, 0.2) is 0 Å². The molecule has 0 aliphatic rings. The van der Waals surface area contributed by atoms with Crippen molar-refractivity contribution in [2.45, 2.75) is 37.8 Å². The number of carbonyl (C=O) groups excluding carboxylic acids is 2. The van der Waals surface area contributed by atoms with Gasteiger partial charge in [0.25, 0.3) is 10.0 Å². The molecule has 2 amide bonds. The highest BCUT2D eigenvalue weighted by atomic mass is 79.9. The molecule has 0 saturated heterocycles. The Balaban J connectivity index is 1.80. The van der Waals surface area contributed by atoms with Crippen LogP contribution in [0.3, 0.4) is 0 Å². The van der Waals surface area contributed by atoms with Gasteiger partial charge in [0.1, 0.15) is 12.6 Å². The first-order valence-electron chi connectivity index (χ1n) is 13.8. The van der Waals surface area contributed by atoms with E-state index in [2.05, 4.69) is 21.2 Å². The second-order valence-electron chi connectivity index (χ2n) is 10.0. The maximum atomic E-state index is 14.4. The van der Waals surface area contributed by atoms with E-state index >= 15 is 0 Å². The fourth-order valence-electron chi connectivity index (χ4n) is 4.64. The first kappa shape index (κ1) is 32.3. The van der Waals surface area contributed by atoms with Crippen LogP contribution in [0.4, 0.5) is 5.69 Å². The Morgan fingerprint density at radius 2 is 1.49 bits per heavy atom. The van der Waals surface area contributed by atoms with Crippen molar-refractivity contribution in [2.24, 2.45) is 0 Å². The zero-order valence-electron chi connectivity index (χ0n) is 23.9. The van der Waals surface area contributed by atoms with Crippen molar-refractivity contribution >= 4 is 55.1 Å². The van der Waals surface area contributed by atoms with Crippen molar-refractivity contribution < 1.29 is 18.0 Å². The van der Waals surface area contributed by atoms with Crippen LogP contribution in [0.15, 0.2) is 112 Å². The summed E-state index contributed by atoms with van der Waals surface area (Å²) in [5.74, 6) is -0.881. The lowest BCUT2D eigenvalue weighted by Crippen LogP contribution is -2.53. The van der Waals surface area contributed by atoms with Gasteiger partial charge in [0.05, 0.1) is 15.6 Å². The molecule has 7 nitrogen and oxygen atoms in total. The number of anilines is 1. The maximum absolute atomic E-state index is 14.4. The van der Waals surface area contributed by atoms with Gasteiger partial charge in [-0.25, -0.2) is 8.42 Å². The number of hydrogen-bond donors (Lipinski definition) is 1. The SMILES string of the molecule is CCNC(=O)[C@@H](Cc1ccccc1)N(Cc1ccc(Br)cc1)C(=O)CN(c1ccccc1Cl)S(=O)(=O)c1ccc(C)cc1. The monoisotopic (exact) mass is 681 g/mol. The number of aryl methyl sites for hydroxylation is 1. The van der Waals surface area contributed by atoms with Crippen LogP contribution in [-0.4, -0.2) is 44.3 Å².